The number of nitrogens with two attached hydrogens (primary N) is 1. The van der Waals surface area contributed by atoms with Gasteiger partial charge in [-0.15, -0.1) is 24.0 Å². The van der Waals surface area contributed by atoms with Crippen LogP contribution >= 0.6 is 24.0 Å². The molecule has 4 N–H and O–H groups in total. The minimum absolute atomic E-state index is 0. The Hall–Kier alpha value is -1.47. The zero-order valence-corrected chi connectivity index (χ0v) is 19.2. The third-order valence-electron chi connectivity index (χ3n) is 4.25. The molecule has 0 spiro atoms. The number of primary amides is 1. The highest BCUT2D eigenvalue weighted by molar-refractivity contribution is 14.0. The SMILES string of the molecule is CCNC(=NCCNS(=O)(=O)c1cccnc1)N1CCCC(CC(N)=O)C1.I. The summed E-state index contributed by atoms with van der Waals surface area (Å²) in [4.78, 5) is 21.8. The number of hydrogen-bond donors (Lipinski definition) is 3. The summed E-state index contributed by atoms with van der Waals surface area (Å²) in [5.41, 5.74) is 5.32. The van der Waals surface area contributed by atoms with Crippen LogP contribution in [0.2, 0.25) is 0 Å². The Bertz CT molecular complexity index is 745. The van der Waals surface area contributed by atoms with Crippen LogP contribution in [-0.2, 0) is 14.8 Å². The second-order valence-corrected chi connectivity index (χ2v) is 8.21. The van der Waals surface area contributed by atoms with Crippen molar-refractivity contribution in [3.05, 3.63) is 24.5 Å². The van der Waals surface area contributed by atoms with E-state index in [-0.39, 0.29) is 47.2 Å². The zero-order valence-electron chi connectivity index (χ0n) is 16.0. The van der Waals surface area contributed by atoms with Gasteiger partial charge in [-0.2, -0.15) is 0 Å². The third kappa shape index (κ3) is 7.87. The first-order chi connectivity index (χ1) is 12.9. The highest BCUT2D eigenvalue weighted by Crippen LogP contribution is 2.19. The molecule has 1 atom stereocenters. The number of rotatable bonds is 8. The fourth-order valence-corrected chi connectivity index (χ4v) is 4.05. The van der Waals surface area contributed by atoms with Crippen molar-refractivity contribution in [3.63, 3.8) is 0 Å². The van der Waals surface area contributed by atoms with E-state index in [0.29, 0.717) is 19.5 Å². The predicted molar refractivity (Wildman–Crippen MR) is 119 cm³/mol. The number of aromatic nitrogens is 1. The number of carbonyl (C=O) groups excluding carboxylic acids is 1. The molecule has 1 aliphatic rings. The zero-order chi connectivity index (χ0) is 19.7. The molecule has 158 valence electrons. The summed E-state index contributed by atoms with van der Waals surface area (Å²) in [5.74, 6) is 0.671. The largest absolute Gasteiger partial charge is 0.370 e. The maximum absolute atomic E-state index is 12.2. The maximum Gasteiger partial charge on any atom is 0.242 e. The average Bonchev–Trinajstić information content (AvgIpc) is 2.64. The van der Waals surface area contributed by atoms with Crippen molar-refractivity contribution in [1.82, 2.24) is 19.9 Å². The van der Waals surface area contributed by atoms with Crippen molar-refractivity contribution in [2.75, 3.05) is 32.7 Å². The number of sulfonamides is 1. The molecule has 1 aromatic rings. The Morgan fingerprint density at radius 2 is 2.25 bits per heavy atom. The molecule has 0 aromatic carbocycles. The van der Waals surface area contributed by atoms with Crippen LogP contribution in [0.5, 0.6) is 0 Å². The molecule has 0 radical (unpaired) electrons. The Labute approximate surface area is 183 Å². The number of nitrogens with one attached hydrogen (secondary N) is 2. The van der Waals surface area contributed by atoms with Crippen LogP contribution in [0.25, 0.3) is 0 Å². The molecule has 1 aliphatic heterocycles. The molecule has 11 heteroatoms. The van der Waals surface area contributed by atoms with Crippen molar-refractivity contribution in [2.24, 2.45) is 16.6 Å². The monoisotopic (exact) mass is 524 g/mol. The molecule has 28 heavy (non-hydrogen) atoms. The standard InChI is InChI=1S/C17H28N6O3S.HI/c1-2-20-17(23-10-4-5-14(13-23)11-16(18)24)21-8-9-22-27(25,26)15-6-3-7-19-12-15;/h3,6-7,12,14,22H,2,4-5,8-11,13H2,1H3,(H2,18,24)(H,20,21);1H. The van der Waals surface area contributed by atoms with Gasteiger partial charge in [0.25, 0.3) is 0 Å². The van der Waals surface area contributed by atoms with E-state index < -0.39 is 10.0 Å². The summed E-state index contributed by atoms with van der Waals surface area (Å²) in [6.07, 6.45) is 5.15. The summed E-state index contributed by atoms with van der Waals surface area (Å²) in [7, 11) is -3.58. The van der Waals surface area contributed by atoms with Crippen LogP contribution in [-0.4, -0.2) is 62.9 Å². The van der Waals surface area contributed by atoms with Crippen molar-refractivity contribution < 1.29 is 13.2 Å². The van der Waals surface area contributed by atoms with Crippen LogP contribution in [0.4, 0.5) is 0 Å². The Kier molecular flexibility index (Phi) is 10.7. The fraction of sp³-hybridized carbons (Fsp3) is 0.588. The van der Waals surface area contributed by atoms with Gasteiger partial charge in [-0.05, 0) is 37.8 Å². The number of nitrogens with zero attached hydrogens (tertiary/aromatic N) is 3. The van der Waals surface area contributed by atoms with Gasteiger partial charge in [0.05, 0.1) is 6.54 Å². The molecule has 1 saturated heterocycles. The highest BCUT2D eigenvalue weighted by Gasteiger charge is 2.23. The minimum atomic E-state index is -3.58. The Morgan fingerprint density at radius 1 is 1.46 bits per heavy atom. The number of amides is 1. The normalized spacial score (nSPS) is 17.7. The van der Waals surface area contributed by atoms with Crippen molar-refractivity contribution >= 4 is 45.9 Å². The first kappa shape index (κ1) is 24.6. The van der Waals surface area contributed by atoms with E-state index in [1.165, 1.54) is 18.5 Å². The Balaban J connectivity index is 0.00000392. The lowest BCUT2D eigenvalue weighted by atomic mass is 9.95. The van der Waals surface area contributed by atoms with Crippen molar-refractivity contribution in [1.29, 1.82) is 0 Å². The number of hydrogen-bond acceptors (Lipinski definition) is 5. The van der Waals surface area contributed by atoms with Crippen LogP contribution < -0.4 is 15.8 Å². The lowest BCUT2D eigenvalue weighted by Gasteiger charge is -2.34. The van der Waals surface area contributed by atoms with Gasteiger partial charge in [0.2, 0.25) is 15.9 Å². The molecule has 9 nitrogen and oxygen atoms in total. The smallest absolute Gasteiger partial charge is 0.242 e. The van der Waals surface area contributed by atoms with E-state index in [9.17, 15) is 13.2 Å². The molecule has 1 amide bonds. The van der Waals surface area contributed by atoms with E-state index in [0.717, 1.165) is 31.9 Å². The molecule has 1 fully saturated rings. The molecule has 0 bridgehead atoms. The lowest BCUT2D eigenvalue weighted by molar-refractivity contribution is -0.119. The number of carbonyl (C=O) groups is 1. The van der Waals surface area contributed by atoms with E-state index in [1.54, 1.807) is 6.07 Å². The molecule has 0 saturated carbocycles. The molecule has 1 unspecified atom stereocenters. The lowest BCUT2D eigenvalue weighted by Crippen LogP contribution is -2.47. The fourth-order valence-electron chi connectivity index (χ4n) is 3.07. The summed E-state index contributed by atoms with van der Waals surface area (Å²) >= 11 is 0. The number of aliphatic imine (C=N–C) groups is 1. The number of likely N-dealkylation sites (tertiary alicyclic amines) is 1. The minimum Gasteiger partial charge on any atom is -0.370 e. The molecule has 2 heterocycles. The summed E-state index contributed by atoms with van der Waals surface area (Å²) in [5, 5.41) is 3.23. The van der Waals surface area contributed by atoms with E-state index in [1.807, 2.05) is 6.92 Å². The second kappa shape index (κ2) is 12.2. The van der Waals surface area contributed by atoms with E-state index >= 15 is 0 Å². The van der Waals surface area contributed by atoms with Gasteiger partial charge in [-0.25, -0.2) is 13.1 Å². The van der Waals surface area contributed by atoms with Crippen LogP contribution in [0.3, 0.4) is 0 Å². The predicted octanol–water partition coefficient (Wildman–Crippen LogP) is 0.531. The number of halogens is 1. The first-order valence-corrected chi connectivity index (χ1v) is 10.6. The molecular weight excluding hydrogens is 495 g/mol. The second-order valence-electron chi connectivity index (χ2n) is 6.45. The molecule has 2 rings (SSSR count). The molecule has 1 aromatic heterocycles. The van der Waals surface area contributed by atoms with Gasteiger partial charge < -0.3 is 16.0 Å². The maximum atomic E-state index is 12.2. The highest BCUT2D eigenvalue weighted by atomic mass is 127. The molecular formula is C17H29IN6O3S. The number of guanidine groups is 1. The van der Waals surface area contributed by atoms with Crippen LogP contribution in [0.1, 0.15) is 26.2 Å². The number of pyridine rings is 1. The van der Waals surface area contributed by atoms with Crippen LogP contribution in [0.15, 0.2) is 34.4 Å². The van der Waals surface area contributed by atoms with Gasteiger partial charge in [0, 0.05) is 45.0 Å². The topological polar surface area (TPSA) is 130 Å². The number of piperidine rings is 1. The van der Waals surface area contributed by atoms with Gasteiger partial charge in [0.15, 0.2) is 5.96 Å². The van der Waals surface area contributed by atoms with Crippen molar-refractivity contribution in [2.45, 2.75) is 31.1 Å². The third-order valence-corrected chi connectivity index (χ3v) is 5.70. The Morgan fingerprint density at radius 3 is 2.89 bits per heavy atom. The quantitative estimate of drug-likeness (QED) is 0.197. The first-order valence-electron chi connectivity index (χ1n) is 9.13. The van der Waals surface area contributed by atoms with Gasteiger partial charge in [-0.3, -0.25) is 14.8 Å². The summed E-state index contributed by atoms with van der Waals surface area (Å²) in [6, 6.07) is 3.07. The average molecular weight is 524 g/mol. The molecule has 0 aliphatic carbocycles. The van der Waals surface area contributed by atoms with Crippen molar-refractivity contribution in [3.8, 4) is 0 Å². The van der Waals surface area contributed by atoms with Crippen LogP contribution in [0, 0.1) is 5.92 Å². The van der Waals surface area contributed by atoms with E-state index in [2.05, 4.69) is 24.9 Å². The summed E-state index contributed by atoms with van der Waals surface area (Å²) in [6.45, 7) is 4.74. The van der Waals surface area contributed by atoms with Gasteiger partial charge in [0.1, 0.15) is 4.90 Å². The van der Waals surface area contributed by atoms with Gasteiger partial charge >= 0.3 is 0 Å². The van der Waals surface area contributed by atoms with E-state index in [4.69, 9.17) is 5.73 Å². The summed E-state index contributed by atoms with van der Waals surface area (Å²) < 4.78 is 26.9. The van der Waals surface area contributed by atoms with Gasteiger partial charge in [-0.1, -0.05) is 0 Å².